The maximum Gasteiger partial charge on any atom is 0.387 e. The first-order valence-electron chi connectivity index (χ1n) is 12.8. The quantitative estimate of drug-likeness (QED) is 0.235. The van der Waals surface area contributed by atoms with E-state index in [-0.39, 0.29) is 47.5 Å². The van der Waals surface area contributed by atoms with Crippen molar-refractivity contribution in [2.75, 3.05) is 6.61 Å². The number of hydrogen-bond acceptors (Lipinski definition) is 8. The normalized spacial score (nSPS) is 13.8. The predicted octanol–water partition coefficient (Wildman–Crippen LogP) is 4.60. The topological polar surface area (TPSA) is 130 Å². The van der Waals surface area contributed by atoms with Gasteiger partial charge in [-0.1, -0.05) is 11.3 Å². The van der Waals surface area contributed by atoms with Crippen LogP contribution < -0.4 is 20.5 Å². The molecule has 0 saturated heterocycles. The fourth-order valence-corrected chi connectivity index (χ4v) is 3.98. The second kappa shape index (κ2) is 12.0. The van der Waals surface area contributed by atoms with E-state index >= 15 is 0 Å². The van der Waals surface area contributed by atoms with Crippen LogP contribution in [0.25, 0.3) is 11.5 Å². The Balaban J connectivity index is 1.48. The molecule has 1 saturated carbocycles. The fourth-order valence-electron chi connectivity index (χ4n) is 3.98. The first-order valence-corrected chi connectivity index (χ1v) is 12.8. The van der Waals surface area contributed by atoms with E-state index in [0.717, 1.165) is 18.9 Å². The van der Waals surface area contributed by atoms with Crippen molar-refractivity contribution < 1.29 is 36.2 Å². The molecule has 0 spiro atoms. The average molecular weight is 575 g/mol. The molecule has 1 aliphatic carbocycles. The molecule has 0 unspecified atom stereocenters. The summed E-state index contributed by atoms with van der Waals surface area (Å²) in [5.74, 6) is -1.92. The third kappa shape index (κ3) is 6.65. The molecule has 3 N–H and O–H groups in total. The number of hydrogen-bond donors (Lipinski definition) is 2. The van der Waals surface area contributed by atoms with Gasteiger partial charge in [-0.15, -0.1) is 5.10 Å². The molecule has 0 aliphatic heterocycles. The molecule has 0 radical (unpaired) electrons. The molecule has 216 valence electrons. The van der Waals surface area contributed by atoms with Crippen molar-refractivity contribution in [1.29, 1.82) is 0 Å². The minimum atomic E-state index is -3.05. The SMILES string of the molecule is C[C@@H](c1oc(-c2ccc(OC(F)F)c(OCC3CC3)c2)nc1C(=O)NCc1ccc(F)cc1F)n1cc(CN)nn1. The molecule has 2 heterocycles. The van der Waals surface area contributed by atoms with Gasteiger partial charge in [-0.05, 0) is 49.9 Å². The van der Waals surface area contributed by atoms with Gasteiger partial charge >= 0.3 is 6.61 Å². The lowest BCUT2D eigenvalue weighted by Crippen LogP contribution is -2.25. The molecule has 14 heteroatoms. The van der Waals surface area contributed by atoms with Crippen molar-refractivity contribution >= 4 is 5.91 Å². The van der Waals surface area contributed by atoms with Gasteiger partial charge in [0.25, 0.3) is 5.91 Å². The molecule has 10 nitrogen and oxygen atoms in total. The van der Waals surface area contributed by atoms with Gasteiger partial charge in [-0.25, -0.2) is 18.4 Å². The van der Waals surface area contributed by atoms with E-state index < -0.39 is 30.2 Å². The number of benzene rings is 2. The van der Waals surface area contributed by atoms with Gasteiger partial charge < -0.3 is 24.9 Å². The lowest BCUT2D eigenvalue weighted by atomic mass is 10.2. The summed E-state index contributed by atoms with van der Waals surface area (Å²) in [5, 5.41) is 10.6. The molecule has 2 aromatic heterocycles. The van der Waals surface area contributed by atoms with Crippen molar-refractivity contribution in [3.8, 4) is 23.0 Å². The minimum absolute atomic E-state index is 0.0102. The van der Waals surface area contributed by atoms with Crippen LogP contribution in [0.5, 0.6) is 11.5 Å². The van der Waals surface area contributed by atoms with E-state index in [1.54, 1.807) is 13.1 Å². The lowest BCUT2D eigenvalue weighted by Gasteiger charge is -2.13. The van der Waals surface area contributed by atoms with Gasteiger partial charge in [0.05, 0.1) is 18.5 Å². The van der Waals surface area contributed by atoms with Gasteiger partial charge in [0.2, 0.25) is 5.89 Å². The fraction of sp³-hybridized carbons (Fsp3) is 0.333. The molecule has 5 rings (SSSR count). The van der Waals surface area contributed by atoms with Crippen LogP contribution in [-0.2, 0) is 13.1 Å². The lowest BCUT2D eigenvalue weighted by molar-refractivity contribution is -0.0515. The van der Waals surface area contributed by atoms with Crippen molar-refractivity contribution in [3.05, 3.63) is 76.9 Å². The minimum Gasteiger partial charge on any atom is -0.489 e. The van der Waals surface area contributed by atoms with E-state index in [1.807, 2.05) is 0 Å². The van der Waals surface area contributed by atoms with Gasteiger partial charge in [0, 0.05) is 30.3 Å². The maximum atomic E-state index is 14.1. The highest BCUT2D eigenvalue weighted by atomic mass is 19.3. The van der Waals surface area contributed by atoms with Gasteiger partial charge in [0.1, 0.15) is 17.7 Å². The number of halogens is 4. The zero-order chi connectivity index (χ0) is 29.1. The van der Waals surface area contributed by atoms with Crippen molar-refractivity contribution in [2.24, 2.45) is 11.7 Å². The molecular weight excluding hydrogens is 548 g/mol. The second-order valence-electron chi connectivity index (χ2n) is 9.51. The molecular formula is C27H26F4N6O4. The Labute approximate surface area is 231 Å². The summed E-state index contributed by atoms with van der Waals surface area (Å²) in [7, 11) is 0. The summed E-state index contributed by atoms with van der Waals surface area (Å²) in [6.07, 6.45) is 3.56. The highest BCUT2D eigenvalue weighted by Crippen LogP contribution is 2.37. The molecule has 1 amide bonds. The average Bonchev–Trinajstić information content (AvgIpc) is 3.46. The Kier molecular flexibility index (Phi) is 8.19. The van der Waals surface area contributed by atoms with Crippen LogP contribution in [0.2, 0.25) is 0 Å². The number of alkyl halides is 2. The summed E-state index contributed by atoms with van der Waals surface area (Å²) >= 11 is 0. The summed E-state index contributed by atoms with van der Waals surface area (Å²) in [5.41, 5.74) is 6.40. The van der Waals surface area contributed by atoms with Crippen LogP contribution >= 0.6 is 0 Å². The third-order valence-corrected chi connectivity index (χ3v) is 6.44. The Hall–Kier alpha value is -4.46. The number of amides is 1. The number of nitrogens with one attached hydrogen (secondary N) is 1. The number of aromatic nitrogens is 4. The number of carbonyl (C=O) groups excluding carboxylic acids is 1. The zero-order valence-corrected chi connectivity index (χ0v) is 21.8. The molecule has 0 bridgehead atoms. The van der Waals surface area contributed by atoms with Gasteiger partial charge in [-0.3, -0.25) is 4.79 Å². The molecule has 1 aliphatic rings. The third-order valence-electron chi connectivity index (χ3n) is 6.44. The van der Waals surface area contributed by atoms with Crippen LogP contribution in [0, 0.1) is 17.6 Å². The largest absolute Gasteiger partial charge is 0.489 e. The first-order chi connectivity index (χ1) is 19.7. The number of nitrogens with two attached hydrogens (primary N) is 1. The molecule has 2 aromatic carbocycles. The molecule has 1 fully saturated rings. The van der Waals surface area contributed by atoms with Gasteiger partial charge in [0.15, 0.2) is 23.0 Å². The van der Waals surface area contributed by atoms with E-state index in [2.05, 4.69) is 25.3 Å². The zero-order valence-electron chi connectivity index (χ0n) is 21.8. The van der Waals surface area contributed by atoms with Crippen molar-refractivity contribution in [1.82, 2.24) is 25.3 Å². The van der Waals surface area contributed by atoms with Gasteiger partial charge in [-0.2, -0.15) is 8.78 Å². The number of oxazole rings is 1. The second-order valence-corrected chi connectivity index (χ2v) is 9.51. The van der Waals surface area contributed by atoms with Crippen LogP contribution in [0.1, 0.15) is 53.3 Å². The number of carbonyl (C=O) groups is 1. The highest BCUT2D eigenvalue weighted by Gasteiger charge is 2.28. The smallest absolute Gasteiger partial charge is 0.387 e. The maximum absolute atomic E-state index is 14.1. The molecule has 41 heavy (non-hydrogen) atoms. The molecule has 1 atom stereocenters. The monoisotopic (exact) mass is 574 g/mol. The van der Waals surface area contributed by atoms with E-state index in [0.29, 0.717) is 29.8 Å². The van der Waals surface area contributed by atoms with E-state index in [9.17, 15) is 22.4 Å². The predicted molar refractivity (Wildman–Crippen MR) is 136 cm³/mol. The van der Waals surface area contributed by atoms with Crippen LogP contribution in [0.15, 0.2) is 47.0 Å². The standard InChI is InChI=1S/C27H26F4N6O4/c1-14(37-12-19(10-32)35-36-37)24-23(25(38)33-11-17-4-6-18(28)9-20(17)29)34-26(41-24)16-5-7-21(40-27(30)31)22(8-16)39-13-15-2-3-15/h4-9,12,14-15,27H,2-3,10-11,13,32H2,1H3,(H,33,38)/t14-/m0/s1. The summed E-state index contributed by atoms with van der Waals surface area (Å²) in [6, 6.07) is 6.53. The van der Waals surface area contributed by atoms with Crippen LogP contribution in [-0.4, -0.2) is 39.1 Å². The molecule has 4 aromatic rings. The highest BCUT2D eigenvalue weighted by molar-refractivity contribution is 5.94. The number of rotatable bonds is 12. The van der Waals surface area contributed by atoms with E-state index in [4.69, 9.17) is 14.9 Å². The summed E-state index contributed by atoms with van der Waals surface area (Å²) < 4.78 is 71.2. The van der Waals surface area contributed by atoms with Crippen molar-refractivity contribution in [2.45, 2.75) is 45.5 Å². The Morgan fingerprint density at radius 1 is 1.20 bits per heavy atom. The summed E-state index contributed by atoms with van der Waals surface area (Å²) in [6.45, 7) is -1.14. The van der Waals surface area contributed by atoms with Crippen LogP contribution in [0.3, 0.4) is 0 Å². The number of ether oxygens (including phenoxy) is 2. The Morgan fingerprint density at radius 3 is 2.68 bits per heavy atom. The van der Waals surface area contributed by atoms with Crippen molar-refractivity contribution in [3.63, 3.8) is 0 Å². The Morgan fingerprint density at radius 2 is 2.00 bits per heavy atom. The first kappa shape index (κ1) is 28.1. The van der Waals surface area contributed by atoms with E-state index in [1.165, 1.54) is 28.9 Å². The number of nitrogens with zero attached hydrogens (tertiary/aromatic N) is 4. The van der Waals surface area contributed by atoms with Crippen LogP contribution in [0.4, 0.5) is 17.6 Å². The Bertz CT molecular complexity index is 1540. The summed E-state index contributed by atoms with van der Waals surface area (Å²) in [4.78, 5) is 17.6.